The maximum atomic E-state index is 12.9. The Hall–Kier alpha value is -1.60. The van der Waals surface area contributed by atoms with Gasteiger partial charge in [0.1, 0.15) is 0 Å². The minimum absolute atomic E-state index is 0.205. The number of amides is 1. The van der Waals surface area contributed by atoms with Crippen molar-refractivity contribution in [2.45, 2.75) is 31.4 Å². The van der Waals surface area contributed by atoms with E-state index in [1.54, 1.807) is 12.4 Å². The number of fused-ring (bicyclic) bond motifs is 1. The SMILES string of the molecule is O=C(NC[C@@H]1CO[C@H]2CN(Cc3ccncc3)C[C@@H]12)C1CC(F)(F)C1. The third kappa shape index (κ3) is 3.67. The predicted molar refractivity (Wildman–Crippen MR) is 86.9 cm³/mol. The number of carbonyl (C=O) groups is 1. The molecular weight excluding hydrogens is 328 g/mol. The molecular formula is C18H23F2N3O2. The van der Waals surface area contributed by atoms with E-state index in [9.17, 15) is 13.6 Å². The Morgan fingerprint density at radius 1 is 1.32 bits per heavy atom. The Bertz CT molecular complexity index is 620. The summed E-state index contributed by atoms with van der Waals surface area (Å²) in [5.41, 5.74) is 1.23. The summed E-state index contributed by atoms with van der Waals surface area (Å²) in [5.74, 6) is -2.76. The maximum Gasteiger partial charge on any atom is 0.249 e. The molecule has 2 aliphatic heterocycles. The van der Waals surface area contributed by atoms with Gasteiger partial charge in [-0.05, 0) is 17.7 Å². The van der Waals surface area contributed by atoms with E-state index < -0.39 is 11.8 Å². The van der Waals surface area contributed by atoms with Crippen molar-refractivity contribution in [1.29, 1.82) is 0 Å². The van der Waals surface area contributed by atoms with E-state index in [1.165, 1.54) is 5.56 Å². The highest BCUT2D eigenvalue weighted by Crippen LogP contribution is 2.42. The number of pyridine rings is 1. The van der Waals surface area contributed by atoms with Gasteiger partial charge < -0.3 is 10.1 Å². The van der Waals surface area contributed by atoms with E-state index >= 15 is 0 Å². The minimum atomic E-state index is -2.65. The molecule has 0 radical (unpaired) electrons. The molecule has 3 heterocycles. The average Bonchev–Trinajstić information content (AvgIpc) is 3.11. The van der Waals surface area contributed by atoms with Gasteiger partial charge in [0.25, 0.3) is 0 Å². The van der Waals surface area contributed by atoms with Crippen LogP contribution in [-0.4, -0.2) is 54.1 Å². The molecule has 0 bridgehead atoms. The fourth-order valence-corrected chi connectivity index (χ4v) is 4.19. The molecule has 3 fully saturated rings. The largest absolute Gasteiger partial charge is 0.376 e. The van der Waals surface area contributed by atoms with E-state index in [2.05, 4.69) is 15.2 Å². The van der Waals surface area contributed by atoms with Crippen molar-refractivity contribution in [1.82, 2.24) is 15.2 Å². The van der Waals surface area contributed by atoms with Gasteiger partial charge in [0.05, 0.1) is 12.7 Å². The van der Waals surface area contributed by atoms with Gasteiger partial charge in [-0.2, -0.15) is 0 Å². The molecule has 1 N–H and O–H groups in total. The van der Waals surface area contributed by atoms with Crippen LogP contribution in [0.3, 0.4) is 0 Å². The maximum absolute atomic E-state index is 12.9. The van der Waals surface area contributed by atoms with Crippen LogP contribution in [0.2, 0.25) is 0 Å². The summed E-state index contributed by atoms with van der Waals surface area (Å²) < 4.78 is 31.7. The number of aromatic nitrogens is 1. The van der Waals surface area contributed by atoms with Crippen LogP contribution in [0.4, 0.5) is 8.78 Å². The van der Waals surface area contributed by atoms with Gasteiger partial charge in [-0.3, -0.25) is 14.7 Å². The Labute approximate surface area is 145 Å². The van der Waals surface area contributed by atoms with Crippen LogP contribution in [0.1, 0.15) is 18.4 Å². The summed E-state index contributed by atoms with van der Waals surface area (Å²) in [6.07, 6.45) is 3.17. The second kappa shape index (κ2) is 6.61. The van der Waals surface area contributed by atoms with Crippen LogP contribution >= 0.6 is 0 Å². The Morgan fingerprint density at radius 3 is 2.80 bits per heavy atom. The molecule has 1 saturated carbocycles. The lowest BCUT2D eigenvalue weighted by atomic mass is 9.80. The molecule has 136 valence electrons. The summed E-state index contributed by atoms with van der Waals surface area (Å²) in [6.45, 7) is 3.86. The van der Waals surface area contributed by atoms with Crippen LogP contribution in [0.15, 0.2) is 24.5 Å². The zero-order valence-electron chi connectivity index (χ0n) is 14.0. The van der Waals surface area contributed by atoms with Gasteiger partial charge in [0.2, 0.25) is 11.8 Å². The van der Waals surface area contributed by atoms with Gasteiger partial charge in [-0.1, -0.05) is 0 Å². The molecule has 1 aliphatic carbocycles. The van der Waals surface area contributed by atoms with Crippen molar-refractivity contribution in [3.05, 3.63) is 30.1 Å². The third-order valence-corrected chi connectivity index (χ3v) is 5.67. The van der Waals surface area contributed by atoms with Crippen LogP contribution in [0.5, 0.6) is 0 Å². The molecule has 1 aromatic heterocycles. The Balaban J connectivity index is 1.25. The van der Waals surface area contributed by atoms with Crippen LogP contribution in [0, 0.1) is 17.8 Å². The summed E-state index contributed by atoms with van der Waals surface area (Å²) in [7, 11) is 0. The van der Waals surface area contributed by atoms with Crippen molar-refractivity contribution in [2.75, 3.05) is 26.2 Å². The molecule has 3 atom stereocenters. The molecule has 3 aliphatic rings. The smallest absolute Gasteiger partial charge is 0.249 e. The monoisotopic (exact) mass is 351 g/mol. The van der Waals surface area contributed by atoms with Gasteiger partial charge in [0.15, 0.2) is 0 Å². The van der Waals surface area contributed by atoms with Gasteiger partial charge in [-0.15, -0.1) is 0 Å². The number of ether oxygens (including phenoxy) is 1. The highest BCUT2D eigenvalue weighted by atomic mass is 19.3. The molecule has 2 saturated heterocycles. The number of nitrogens with zero attached hydrogens (tertiary/aromatic N) is 2. The van der Waals surface area contributed by atoms with E-state index in [-0.39, 0.29) is 30.8 Å². The minimum Gasteiger partial charge on any atom is -0.376 e. The average molecular weight is 351 g/mol. The summed E-state index contributed by atoms with van der Waals surface area (Å²) >= 11 is 0. The highest BCUT2D eigenvalue weighted by Gasteiger charge is 2.49. The topological polar surface area (TPSA) is 54.5 Å². The number of carbonyl (C=O) groups excluding carboxylic acids is 1. The molecule has 1 amide bonds. The standard InChI is InChI=1S/C18H23F2N3O2/c19-18(20)5-13(6-18)17(24)22-7-14-11-25-16-10-23(9-15(14)16)8-12-1-3-21-4-2-12/h1-4,13-16H,5-11H2,(H,22,24)/t14-,15+,16+/m1/s1. The fourth-order valence-electron chi connectivity index (χ4n) is 4.19. The molecule has 5 nitrogen and oxygen atoms in total. The van der Waals surface area contributed by atoms with Gasteiger partial charge in [-0.25, -0.2) is 8.78 Å². The number of hydrogen-bond acceptors (Lipinski definition) is 4. The number of hydrogen-bond donors (Lipinski definition) is 1. The molecule has 4 rings (SSSR count). The molecule has 1 aromatic rings. The normalized spacial score (nSPS) is 31.5. The van der Waals surface area contributed by atoms with Crippen molar-refractivity contribution in [3.8, 4) is 0 Å². The quantitative estimate of drug-likeness (QED) is 0.877. The highest BCUT2D eigenvalue weighted by molar-refractivity contribution is 5.79. The van der Waals surface area contributed by atoms with E-state index in [1.807, 2.05) is 12.1 Å². The molecule has 0 spiro atoms. The van der Waals surface area contributed by atoms with Gasteiger partial charge in [0, 0.05) is 69.2 Å². The van der Waals surface area contributed by atoms with Crippen LogP contribution in [-0.2, 0) is 16.1 Å². The first kappa shape index (κ1) is 16.8. The van der Waals surface area contributed by atoms with Crippen LogP contribution in [0.25, 0.3) is 0 Å². The van der Waals surface area contributed by atoms with E-state index in [0.29, 0.717) is 19.1 Å². The summed E-state index contributed by atoms with van der Waals surface area (Å²) in [5, 5.41) is 2.86. The molecule has 7 heteroatoms. The van der Waals surface area contributed by atoms with Crippen molar-refractivity contribution in [3.63, 3.8) is 0 Å². The second-order valence-electron chi connectivity index (χ2n) is 7.55. The zero-order valence-corrected chi connectivity index (χ0v) is 14.0. The number of halogens is 2. The first-order valence-corrected chi connectivity index (χ1v) is 8.88. The fraction of sp³-hybridized carbons (Fsp3) is 0.667. The van der Waals surface area contributed by atoms with E-state index in [0.717, 1.165) is 19.6 Å². The first-order chi connectivity index (χ1) is 12.0. The molecule has 25 heavy (non-hydrogen) atoms. The van der Waals surface area contributed by atoms with Crippen LogP contribution < -0.4 is 5.32 Å². The number of rotatable bonds is 5. The van der Waals surface area contributed by atoms with E-state index in [4.69, 9.17) is 4.74 Å². The molecule has 0 unspecified atom stereocenters. The van der Waals surface area contributed by atoms with Crippen molar-refractivity contribution >= 4 is 5.91 Å². The lowest BCUT2D eigenvalue weighted by molar-refractivity contribution is -0.150. The first-order valence-electron chi connectivity index (χ1n) is 8.88. The third-order valence-electron chi connectivity index (χ3n) is 5.67. The zero-order chi connectivity index (χ0) is 17.4. The van der Waals surface area contributed by atoms with Crippen molar-refractivity contribution < 1.29 is 18.3 Å². The molecule has 0 aromatic carbocycles. The lowest BCUT2D eigenvalue weighted by Crippen LogP contribution is -2.46. The van der Waals surface area contributed by atoms with Gasteiger partial charge >= 0.3 is 0 Å². The number of nitrogens with one attached hydrogen (secondary N) is 1. The Kier molecular flexibility index (Phi) is 4.45. The predicted octanol–water partition coefficient (Wildman–Crippen LogP) is 1.69. The number of likely N-dealkylation sites (tertiary alicyclic amines) is 1. The lowest BCUT2D eigenvalue weighted by Gasteiger charge is -2.34. The Morgan fingerprint density at radius 2 is 2.08 bits per heavy atom. The van der Waals surface area contributed by atoms with Crippen molar-refractivity contribution in [2.24, 2.45) is 17.8 Å². The second-order valence-corrected chi connectivity index (χ2v) is 7.55. The summed E-state index contributed by atoms with van der Waals surface area (Å²) in [6, 6.07) is 4.03. The summed E-state index contributed by atoms with van der Waals surface area (Å²) in [4.78, 5) is 18.4. The number of alkyl halides is 2.